The number of carbonyl (C=O) groups excluding carboxylic acids is 2. The maximum absolute atomic E-state index is 12.0. The Labute approximate surface area is 107 Å². The van der Waals surface area contributed by atoms with Gasteiger partial charge in [-0.05, 0) is 31.6 Å². The van der Waals surface area contributed by atoms with Gasteiger partial charge < -0.3 is 15.8 Å². The van der Waals surface area contributed by atoms with Crippen molar-refractivity contribution in [1.29, 1.82) is 0 Å². The fraction of sp³-hybridized carbons (Fsp3) is 0.846. The van der Waals surface area contributed by atoms with Crippen molar-refractivity contribution >= 4 is 11.8 Å². The summed E-state index contributed by atoms with van der Waals surface area (Å²) in [6, 6.07) is -0.526. The number of amides is 2. The Hall–Kier alpha value is -1.10. The Morgan fingerprint density at radius 3 is 2.39 bits per heavy atom. The minimum Gasteiger partial charge on any atom is -0.368 e. The molecule has 0 aromatic heterocycles. The van der Waals surface area contributed by atoms with Gasteiger partial charge in [-0.25, -0.2) is 0 Å². The third-order valence-corrected chi connectivity index (χ3v) is 3.95. The fourth-order valence-electron chi connectivity index (χ4n) is 2.92. The Kier molecular flexibility index (Phi) is 4.58. The van der Waals surface area contributed by atoms with E-state index < -0.39 is 18.1 Å². The minimum atomic E-state index is -0.526. The molecule has 3 N–H and O–H groups in total. The summed E-state index contributed by atoms with van der Waals surface area (Å²) in [4.78, 5) is 23.5. The van der Waals surface area contributed by atoms with E-state index in [0.717, 1.165) is 38.5 Å². The summed E-state index contributed by atoms with van der Waals surface area (Å²) in [7, 11) is 0. The van der Waals surface area contributed by atoms with E-state index in [4.69, 9.17) is 10.5 Å². The van der Waals surface area contributed by atoms with Gasteiger partial charge in [0.15, 0.2) is 0 Å². The Morgan fingerprint density at radius 1 is 1.11 bits per heavy atom. The van der Waals surface area contributed by atoms with E-state index in [1.54, 1.807) is 0 Å². The van der Waals surface area contributed by atoms with Crippen LogP contribution in [0.2, 0.25) is 0 Å². The van der Waals surface area contributed by atoms with Crippen molar-refractivity contribution in [2.75, 3.05) is 6.61 Å². The number of hydrogen-bond donors (Lipinski definition) is 2. The molecule has 0 aromatic rings. The zero-order valence-corrected chi connectivity index (χ0v) is 10.7. The normalized spacial score (nSPS) is 26.8. The van der Waals surface area contributed by atoms with Crippen LogP contribution in [0.25, 0.3) is 0 Å². The lowest BCUT2D eigenvalue weighted by atomic mass is 9.83. The topological polar surface area (TPSA) is 81.4 Å². The van der Waals surface area contributed by atoms with E-state index in [0.29, 0.717) is 6.61 Å². The summed E-state index contributed by atoms with van der Waals surface area (Å²) in [6.45, 7) is 0.628. The number of carbonyl (C=O) groups is 2. The summed E-state index contributed by atoms with van der Waals surface area (Å²) in [6.07, 6.45) is 6.63. The summed E-state index contributed by atoms with van der Waals surface area (Å²) in [5.74, 6) is -0.406. The number of nitrogens with two attached hydrogens (primary N) is 1. The van der Waals surface area contributed by atoms with E-state index in [-0.39, 0.29) is 11.8 Å². The predicted octanol–water partition coefficient (Wildman–Crippen LogP) is 0.716. The first-order valence-electron chi connectivity index (χ1n) is 6.90. The molecule has 1 saturated heterocycles. The predicted molar refractivity (Wildman–Crippen MR) is 66.7 cm³/mol. The van der Waals surface area contributed by atoms with Crippen LogP contribution < -0.4 is 11.1 Å². The molecule has 0 aromatic carbocycles. The number of rotatable bonds is 4. The van der Waals surface area contributed by atoms with E-state index in [9.17, 15) is 9.59 Å². The van der Waals surface area contributed by atoms with Crippen molar-refractivity contribution in [3.05, 3.63) is 0 Å². The lowest BCUT2D eigenvalue weighted by Crippen LogP contribution is -2.52. The van der Waals surface area contributed by atoms with Gasteiger partial charge in [0.25, 0.3) is 0 Å². The van der Waals surface area contributed by atoms with Crippen LogP contribution in [0.3, 0.4) is 0 Å². The monoisotopic (exact) mass is 254 g/mol. The molecule has 0 spiro atoms. The smallest absolute Gasteiger partial charge is 0.249 e. The molecule has 1 heterocycles. The lowest BCUT2D eigenvalue weighted by molar-refractivity contribution is -0.134. The average molecular weight is 254 g/mol. The molecule has 2 rings (SSSR count). The van der Waals surface area contributed by atoms with E-state index in [2.05, 4.69) is 5.32 Å². The SMILES string of the molecule is NC(=O)[C@H](NC(=O)[C@@H]1CCCO1)C1CCCCC1. The first-order valence-corrected chi connectivity index (χ1v) is 6.90. The van der Waals surface area contributed by atoms with Crippen molar-refractivity contribution in [2.24, 2.45) is 11.7 Å². The maximum Gasteiger partial charge on any atom is 0.249 e. The van der Waals surface area contributed by atoms with Gasteiger partial charge in [0, 0.05) is 6.61 Å². The Bertz CT molecular complexity index is 307. The molecule has 1 aliphatic carbocycles. The lowest BCUT2D eigenvalue weighted by Gasteiger charge is -2.29. The van der Waals surface area contributed by atoms with Gasteiger partial charge in [-0.15, -0.1) is 0 Å². The van der Waals surface area contributed by atoms with Crippen LogP contribution in [0, 0.1) is 5.92 Å². The third-order valence-electron chi connectivity index (χ3n) is 3.95. The molecule has 0 unspecified atom stereocenters. The van der Waals surface area contributed by atoms with Crippen LogP contribution in [0.15, 0.2) is 0 Å². The van der Waals surface area contributed by atoms with Crippen LogP contribution >= 0.6 is 0 Å². The second-order valence-corrected chi connectivity index (χ2v) is 5.29. The van der Waals surface area contributed by atoms with Gasteiger partial charge in [0.05, 0.1) is 0 Å². The first-order chi connectivity index (χ1) is 8.68. The molecule has 2 amide bonds. The molecule has 2 fully saturated rings. The van der Waals surface area contributed by atoms with E-state index in [1.807, 2.05) is 0 Å². The molecule has 18 heavy (non-hydrogen) atoms. The highest BCUT2D eigenvalue weighted by Crippen LogP contribution is 2.26. The fourth-order valence-corrected chi connectivity index (χ4v) is 2.92. The van der Waals surface area contributed by atoms with Gasteiger partial charge >= 0.3 is 0 Å². The molecule has 1 saturated carbocycles. The highest BCUT2D eigenvalue weighted by molar-refractivity contribution is 5.88. The molecule has 0 radical (unpaired) electrons. The van der Waals surface area contributed by atoms with Gasteiger partial charge in [-0.2, -0.15) is 0 Å². The molecule has 0 bridgehead atoms. The molecule has 2 atom stereocenters. The van der Waals surface area contributed by atoms with Gasteiger partial charge in [0.2, 0.25) is 11.8 Å². The summed E-state index contributed by atoms with van der Waals surface area (Å²) in [5.41, 5.74) is 5.42. The van der Waals surface area contributed by atoms with Crippen molar-refractivity contribution in [1.82, 2.24) is 5.32 Å². The van der Waals surface area contributed by atoms with Gasteiger partial charge in [-0.3, -0.25) is 9.59 Å². The molecule has 5 nitrogen and oxygen atoms in total. The van der Waals surface area contributed by atoms with Crippen LogP contribution in [-0.2, 0) is 14.3 Å². The van der Waals surface area contributed by atoms with Crippen molar-refractivity contribution < 1.29 is 14.3 Å². The summed E-state index contributed by atoms with van der Waals surface area (Å²) < 4.78 is 5.32. The van der Waals surface area contributed by atoms with E-state index in [1.165, 1.54) is 6.42 Å². The maximum atomic E-state index is 12.0. The number of ether oxygens (including phenoxy) is 1. The molecule has 2 aliphatic rings. The zero-order chi connectivity index (χ0) is 13.0. The van der Waals surface area contributed by atoms with Gasteiger partial charge in [-0.1, -0.05) is 19.3 Å². The minimum absolute atomic E-state index is 0.179. The van der Waals surface area contributed by atoms with Crippen LogP contribution in [0.5, 0.6) is 0 Å². The van der Waals surface area contributed by atoms with Gasteiger partial charge in [0.1, 0.15) is 12.1 Å². The zero-order valence-electron chi connectivity index (χ0n) is 10.7. The van der Waals surface area contributed by atoms with Crippen LogP contribution in [0.1, 0.15) is 44.9 Å². The van der Waals surface area contributed by atoms with Crippen LogP contribution in [0.4, 0.5) is 0 Å². The molecular weight excluding hydrogens is 232 g/mol. The summed E-state index contributed by atoms with van der Waals surface area (Å²) in [5, 5.41) is 2.79. The molecular formula is C13H22N2O3. The first kappa shape index (κ1) is 13.3. The molecule has 1 aliphatic heterocycles. The number of hydrogen-bond acceptors (Lipinski definition) is 3. The Balaban J connectivity index is 1.92. The number of primary amides is 1. The average Bonchev–Trinajstić information content (AvgIpc) is 2.90. The Morgan fingerprint density at radius 2 is 1.83 bits per heavy atom. The molecule has 5 heteroatoms. The second-order valence-electron chi connectivity index (χ2n) is 5.29. The third kappa shape index (κ3) is 3.22. The summed E-state index contributed by atoms with van der Waals surface area (Å²) >= 11 is 0. The van der Waals surface area contributed by atoms with Crippen LogP contribution in [-0.4, -0.2) is 30.6 Å². The quantitative estimate of drug-likeness (QED) is 0.775. The highest BCUT2D eigenvalue weighted by atomic mass is 16.5. The second kappa shape index (κ2) is 6.18. The van der Waals surface area contributed by atoms with Crippen molar-refractivity contribution in [3.63, 3.8) is 0 Å². The molecule has 102 valence electrons. The highest BCUT2D eigenvalue weighted by Gasteiger charge is 2.32. The van der Waals surface area contributed by atoms with Crippen molar-refractivity contribution in [3.8, 4) is 0 Å². The largest absolute Gasteiger partial charge is 0.368 e. The standard InChI is InChI=1S/C13H22N2O3/c14-12(16)11(9-5-2-1-3-6-9)15-13(17)10-7-4-8-18-10/h9-11H,1-8H2,(H2,14,16)(H,15,17)/t10-,11+/m0/s1. The number of nitrogens with one attached hydrogen (secondary N) is 1. The van der Waals surface area contributed by atoms with Crippen molar-refractivity contribution in [2.45, 2.75) is 57.1 Å². The van der Waals surface area contributed by atoms with E-state index >= 15 is 0 Å².